The van der Waals surface area contributed by atoms with Gasteiger partial charge in [-0.05, 0) is 27.4 Å². The fourth-order valence-electron chi connectivity index (χ4n) is 2.65. The number of likely N-dealkylation sites (tertiary alicyclic amines) is 1. The molecule has 0 unspecified atom stereocenters. The molecule has 1 aromatic heterocycles. The molecule has 1 atom stereocenters. The number of rotatable bonds is 7. The number of thiazole rings is 1. The summed E-state index contributed by atoms with van der Waals surface area (Å²) in [6, 6.07) is 0.563. The SMILES string of the molecule is COCc1nc(C)c(CNC(=O)CN2CC[C@H](N(C)C)C2)s1. The van der Waals surface area contributed by atoms with E-state index in [9.17, 15) is 4.79 Å². The molecule has 124 valence electrons. The maximum atomic E-state index is 12.1. The number of nitrogens with zero attached hydrogens (tertiary/aromatic N) is 3. The molecule has 2 rings (SSSR count). The number of likely N-dealkylation sites (N-methyl/N-ethyl adjacent to an activating group) is 1. The van der Waals surface area contributed by atoms with Crippen molar-refractivity contribution in [2.75, 3.05) is 40.8 Å². The molecule has 0 spiro atoms. The minimum atomic E-state index is 0.0838. The van der Waals surface area contributed by atoms with E-state index in [0.29, 0.717) is 25.7 Å². The van der Waals surface area contributed by atoms with E-state index < -0.39 is 0 Å². The molecular weight excluding hydrogens is 300 g/mol. The number of methoxy groups -OCH3 is 1. The summed E-state index contributed by atoms with van der Waals surface area (Å²) in [7, 11) is 5.85. The van der Waals surface area contributed by atoms with Crippen molar-refractivity contribution in [2.24, 2.45) is 0 Å². The van der Waals surface area contributed by atoms with Crippen LogP contribution in [-0.2, 0) is 22.7 Å². The Morgan fingerprint density at radius 1 is 1.55 bits per heavy atom. The summed E-state index contributed by atoms with van der Waals surface area (Å²) >= 11 is 1.60. The van der Waals surface area contributed by atoms with E-state index in [0.717, 1.165) is 35.1 Å². The molecule has 1 saturated heterocycles. The summed E-state index contributed by atoms with van der Waals surface area (Å²) < 4.78 is 5.09. The summed E-state index contributed by atoms with van der Waals surface area (Å²) in [5, 5.41) is 3.96. The van der Waals surface area contributed by atoms with Crippen LogP contribution in [0.2, 0.25) is 0 Å². The maximum absolute atomic E-state index is 12.1. The molecule has 1 N–H and O–H groups in total. The zero-order chi connectivity index (χ0) is 16.1. The van der Waals surface area contributed by atoms with E-state index in [2.05, 4.69) is 34.2 Å². The van der Waals surface area contributed by atoms with Crippen LogP contribution in [0.4, 0.5) is 0 Å². The molecule has 7 heteroatoms. The number of nitrogens with one attached hydrogen (secondary N) is 1. The Morgan fingerprint density at radius 2 is 2.32 bits per heavy atom. The van der Waals surface area contributed by atoms with E-state index in [-0.39, 0.29) is 5.91 Å². The average molecular weight is 326 g/mol. The first-order valence-electron chi connectivity index (χ1n) is 7.59. The Hall–Kier alpha value is -1.02. The van der Waals surface area contributed by atoms with Gasteiger partial charge in [0, 0.05) is 31.1 Å². The van der Waals surface area contributed by atoms with Crippen LogP contribution >= 0.6 is 11.3 Å². The summed E-state index contributed by atoms with van der Waals surface area (Å²) in [5.74, 6) is 0.0838. The quantitative estimate of drug-likeness (QED) is 0.805. The lowest BCUT2D eigenvalue weighted by molar-refractivity contribution is -0.122. The highest BCUT2D eigenvalue weighted by Gasteiger charge is 2.25. The van der Waals surface area contributed by atoms with Gasteiger partial charge in [-0.25, -0.2) is 4.98 Å². The van der Waals surface area contributed by atoms with Gasteiger partial charge in [0.1, 0.15) is 5.01 Å². The Labute approximate surface area is 136 Å². The van der Waals surface area contributed by atoms with E-state index in [1.165, 1.54) is 0 Å². The maximum Gasteiger partial charge on any atom is 0.234 e. The zero-order valence-electron chi connectivity index (χ0n) is 13.9. The molecular formula is C15H26N4O2S. The van der Waals surface area contributed by atoms with E-state index in [4.69, 9.17) is 4.74 Å². The van der Waals surface area contributed by atoms with Crippen LogP contribution in [0.25, 0.3) is 0 Å². The predicted octanol–water partition coefficient (Wildman–Crippen LogP) is 0.850. The summed E-state index contributed by atoms with van der Waals surface area (Å²) in [5.41, 5.74) is 0.978. The van der Waals surface area contributed by atoms with Gasteiger partial charge in [-0.3, -0.25) is 9.69 Å². The molecule has 1 aliphatic rings. The molecule has 1 aromatic rings. The van der Waals surface area contributed by atoms with Gasteiger partial charge >= 0.3 is 0 Å². The van der Waals surface area contributed by atoms with Gasteiger partial charge in [0.05, 0.1) is 25.4 Å². The third kappa shape index (κ3) is 4.74. The lowest BCUT2D eigenvalue weighted by Crippen LogP contribution is -2.38. The van der Waals surface area contributed by atoms with Gasteiger partial charge in [-0.2, -0.15) is 0 Å². The number of aromatic nitrogens is 1. The van der Waals surface area contributed by atoms with Gasteiger partial charge in [-0.1, -0.05) is 0 Å². The smallest absolute Gasteiger partial charge is 0.234 e. The van der Waals surface area contributed by atoms with Crippen LogP contribution in [-0.4, -0.2) is 67.6 Å². The average Bonchev–Trinajstić information content (AvgIpc) is 3.04. The van der Waals surface area contributed by atoms with E-state index in [1.54, 1.807) is 18.4 Å². The molecule has 0 radical (unpaired) electrons. The fourth-order valence-corrected chi connectivity index (χ4v) is 3.63. The highest BCUT2D eigenvalue weighted by Crippen LogP contribution is 2.18. The Morgan fingerprint density at radius 3 is 2.95 bits per heavy atom. The van der Waals surface area contributed by atoms with Crippen LogP contribution in [0.15, 0.2) is 0 Å². The van der Waals surface area contributed by atoms with Gasteiger partial charge in [0.2, 0.25) is 5.91 Å². The second-order valence-electron chi connectivity index (χ2n) is 5.97. The summed E-state index contributed by atoms with van der Waals surface area (Å²) in [4.78, 5) is 22.1. The second kappa shape index (κ2) is 8.01. The highest BCUT2D eigenvalue weighted by molar-refractivity contribution is 7.11. The molecule has 1 aliphatic heterocycles. The van der Waals surface area contributed by atoms with Crippen molar-refractivity contribution < 1.29 is 9.53 Å². The first-order valence-corrected chi connectivity index (χ1v) is 8.41. The standard InChI is InChI=1S/C15H26N4O2S/c1-11-13(22-15(17-11)10-21-4)7-16-14(20)9-19-6-5-12(8-19)18(2)3/h12H,5-10H2,1-4H3,(H,16,20)/t12-/m0/s1. The van der Waals surface area contributed by atoms with E-state index in [1.807, 2.05) is 6.92 Å². The number of aryl methyl sites for hydroxylation is 1. The first kappa shape index (κ1) is 17.3. The Kier molecular flexibility index (Phi) is 6.31. The second-order valence-corrected chi connectivity index (χ2v) is 7.14. The first-order chi connectivity index (χ1) is 10.5. The number of carbonyl (C=O) groups is 1. The normalized spacial score (nSPS) is 19.0. The van der Waals surface area contributed by atoms with Gasteiger partial charge in [0.15, 0.2) is 0 Å². The number of amides is 1. The van der Waals surface area contributed by atoms with Crippen LogP contribution < -0.4 is 5.32 Å². The van der Waals surface area contributed by atoms with Crippen LogP contribution in [0.5, 0.6) is 0 Å². The van der Waals surface area contributed by atoms with Crippen molar-refractivity contribution in [1.29, 1.82) is 0 Å². The molecule has 1 amide bonds. The van der Waals surface area contributed by atoms with Crippen LogP contribution in [0.3, 0.4) is 0 Å². The molecule has 0 saturated carbocycles. The predicted molar refractivity (Wildman–Crippen MR) is 87.9 cm³/mol. The fraction of sp³-hybridized carbons (Fsp3) is 0.733. The highest BCUT2D eigenvalue weighted by atomic mass is 32.1. The Balaban J connectivity index is 1.76. The topological polar surface area (TPSA) is 57.7 Å². The number of carbonyl (C=O) groups excluding carboxylic acids is 1. The van der Waals surface area contributed by atoms with E-state index >= 15 is 0 Å². The van der Waals surface area contributed by atoms with Crippen molar-refractivity contribution in [2.45, 2.75) is 32.5 Å². The van der Waals surface area contributed by atoms with Gasteiger partial charge < -0.3 is 15.0 Å². The van der Waals surface area contributed by atoms with Crippen molar-refractivity contribution in [3.8, 4) is 0 Å². The zero-order valence-corrected chi connectivity index (χ0v) is 14.7. The Bertz CT molecular complexity index is 504. The van der Waals surface area contributed by atoms with Crippen molar-refractivity contribution >= 4 is 17.2 Å². The summed E-state index contributed by atoms with van der Waals surface area (Å²) in [6.45, 7) is 5.49. The third-order valence-electron chi connectivity index (χ3n) is 4.00. The summed E-state index contributed by atoms with van der Waals surface area (Å²) in [6.07, 6.45) is 1.13. The van der Waals surface area contributed by atoms with Gasteiger partial charge in [-0.15, -0.1) is 11.3 Å². The molecule has 0 aromatic carbocycles. The largest absolute Gasteiger partial charge is 0.378 e. The van der Waals surface area contributed by atoms with Gasteiger partial charge in [0.25, 0.3) is 0 Å². The third-order valence-corrected chi connectivity index (χ3v) is 5.13. The lowest BCUT2D eigenvalue weighted by atomic mass is 10.2. The monoisotopic (exact) mass is 326 g/mol. The number of hydrogen-bond acceptors (Lipinski definition) is 6. The molecule has 1 fully saturated rings. The van der Waals surface area contributed by atoms with Crippen molar-refractivity contribution in [3.05, 3.63) is 15.6 Å². The number of hydrogen-bond donors (Lipinski definition) is 1. The molecule has 22 heavy (non-hydrogen) atoms. The number of ether oxygens (including phenoxy) is 1. The molecule has 6 nitrogen and oxygen atoms in total. The van der Waals surface area contributed by atoms with Crippen molar-refractivity contribution in [3.63, 3.8) is 0 Å². The van der Waals surface area contributed by atoms with Crippen LogP contribution in [0, 0.1) is 6.92 Å². The molecule has 0 aliphatic carbocycles. The van der Waals surface area contributed by atoms with Crippen molar-refractivity contribution in [1.82, 2.24) is 20.1 Å². The lowest BCUT2D eigenvalue weighted by Gasteiger charge is -2.20. The minimum absolute atomic E-state index is 0.0838. The molecule has 2 heterocycles. The minimum Gasteiger partial charge on any atom is -0.378 e. The van der Waals surface area contributed by atoms with Crippen LogP contribution in [0.1, 0.15) is 22.0 Å². The molecule has 0 bridgehead atoms.